The number of aliphatic hydroxyl groups excluding tert-OH is 1. The Bertz CT molecular complexity index is 106. The smallest absolute Gasteiger partial charge is 0.0556 e. The van der Waals surface area contributed by atoms with Gasteiger partial charge in [-0.2, -0.15) is 0 Å². The first kappa shape index (κ1) is 10.9. The third-order valence-corrected chi connectivity index (χ3v) is 2.34. The van der Waals surface area contributed by atoms with Crippen molar-refractivity contribution in [1.82, 2.24) is 5.32 Å². The Morgan fingerprint density at radius 2 is 2.09 bits per heavy atom. The topological polar surface area (TPSA) is 58.3 Å². The van der Waals surface area contributed by atoms with Gasteiger partial charge in [0.05, 0.1) is 6.61 Å². The molecule has 0 aromatic heterocycles. The molecule has 3 heteroatoms. The Balaban J connectivity index is 3.88. The molecule has 0 radical (unpaired) electrons. The number of hydrogen-bond acceptors (Lipinski definition) is 3. The fourth-order valence-electron chi connectivity index (χ4n) is 0.853. The van der Waals surface area contributed by atoms with E-state index in [1.165, 1.54) is 0 Å². The summed E-state index contributed by atoms with van der Waals surface area (Å²) in [5, 5.41) is 11.8. The van der Waals surface area contributed by atoms with Crippen molar-refractivity contribution < 1.29 is 5.11 Å². The summed E-state index contributed by atoms with van der Waals surface area (Å²) >= 11 is 0. The number of β-amino-alcohol motifs (C(OH)–C–C–N with tert-alkyl or cyclic N) is 1. The molecule has 0 aromatic rings. The van der Waals surface area contributed by atoms with Gasteiger partial charge in [0.1, 0.15) is 0 Å². The van der Waals surface area contributed by atoms with E-state index in [2.05, 4.69) is 26.1 Å². The first-order valence-corrected chi connectivity index (χ1v) is 4.12. The van der Waals surface area contributed by atoms with Crippen LogP contribution in [0.2, 0.25) is 0 Å². The molecular formula is C8H20N2O. The van der Waals surface area contributed by atoms with Crippen molar-refractivity contribution in [2.45, 2.75) is 26.3 Å². The molecule has 11 heavy (non-hydrogen) atoms. The zero-order valence-electron chi connectivity index (χ0n) is 7.72. The van der Waals surface area contributed by atoms with E-state index >= 15 is 0 Å². The van der Waals surface area contributed by atoms with Gasteiger partial charge in [0, 0.05) is 18.6 Å². The minimum absolute atomic E-state index is 0.0390. The Morgan fingerprint density at radius 3 is 2.36 bits per heavy atom. The minimum Gasteiger partial charge on any atom is -0.395 e. The van der Waals surface area contributed by atoms with Crippen LogP contribution in [0.4, 0.5) is 0 Å². The SMILES string of the molecule is CC(C)C(C)(CN)NCCO. The molecule has 0 rings (SSSR count). The summed E-state index contributed by atoms with van der Waals surface area (Å²) in [6.45, 7) is 7.71. The monoisotopic (exact) mass is 160 g/mol. The van der Waals surface area contributed by atoms with E-state index in [-0.39, 0.29) is 12.1 Å². The summed E-state index contributed by atoms with van der Waals surface area (Å²) in [7, 11) is 0. The molecule has 0 aromatic carbocycles. The molecular weight excluding hydrogens is 140 g/mol. The average Bonchev–Trinajstić information content (AvgIpc) is 2.00. The Morgan fingerprint density at radius 1 is 1.55 bits per heavy atom. The zero-order chi connectivity index (χ0) is 8.91. The molecule has 0 spiro atoms. The van der Waals surface area contributed by atoms with Gasteiger partial charge in [-0.15, -0.1) is 0 Å². The normalized spacial score (nSPS) is 16.9. The van der Waals surface area contributed by atoms with Crippen LogP contribution in [-0.4, -0.2) is 30.3 Å². The molecule has 0 saturated carbocycles. The predicted octanol–water partition coefficient (Wildman–Crippen LogP) is -0.0583. The lowest BCUT2D eigenvalue weighted by Gasteiger charge is -2.33. The van der Waals surface area contributed by atoms with E-state index in [9.17, 15) is 0 Å². The number of nitrogens with two attached hydrogens (primary N) is 1. The molecule has 0 bridgehead atoms. The second kappa shape index (κ2) is 4.70. The van der Waals surface area contributed by atoms with Crippen molar-refractivity contribution in [3.05, 3.63) is 0 Å². The van der Waals surface area contributed by atoms with Crippen LogP contribution in [-0.2, 0) is 0 Å². The molecule has 3 nitrogen and oxygen atoms in total. The van der Waals surface area contributed by atoms with Crippen molar-refractivity contribution in [3.8, 4) is 0 Å². The lowest BCUT2D eigenvalue weighted by Crippen LogP contribution is -2.53. The van der Waals surface area contributed by atoms with E-state index in [0.717, 1.165) is 0 Å². The molecule has 0 heterocycles. The van der Waals surface area contributed by atoms with Gasteiger partial charge in [0.15, 0.2) is 0 Å². The average molecular weight is 160 g/mol. The Kier molecular flexibility index (Phi) is 4.65. The maximum atomic E-state index is 8.60. The molecule has 1 atom stereocenters. The van der Waals surface area contributed by atoms with Crippen LogP contribution in [0.15, 0.2) is 0 Å². The quantitative estimate of drug-likeness (QED) is 0.528. The van der Waals surface area contributed by atoms with E-state index in [1.807, 2.05) is 0 Å². The fourth-order valence-corrected chi connectivity index (χ4v) is 0.853. The van der Waals surface area contributed by atoms with Crippen LogP contribution < -0.4 is 11.1 Å². The zero-order valence-corrected chi connectivity index (χ0v) is 7.72. The maximum Gasteiger partial charge on any atom is 0.0556 e. The van der Waals surface area contributed by atoms with Gasteiger partial charge in [0.2, 0.25) is 0 Å². The third kappa shape index (κ3) is 3.18. The number of nitrogens with one attached hydrogen (secondary N) is 1. The molecule has 0 saturated heterocycles. The fraction of sp³-hybridized carbons (Fsp3) is 1.00. The van der Waals surface area contributed by atoms with Gasteiger partial charge in [-0.3, -0.25) is 0 Å². The van der Waals surface area contributed by atoms with Crippen LogP contribution >= 0.6 is 0 Å². The second-order valence-electron chi connectivity index (χ2n) is 3.43. The lowest BCUT2D eigenvalue weighted by molar-refractivity contribution is 0.226. The van der Waals surface area contributed by atoms with Crippen LogP contribution in [0.5, 0.6) is 0 Å². The summed E-state index contributed by atoms with van der Waals surface area (Å²) in [5.41, 5.74) is 5.57. The molecule has 0 aliphatic heterocycles. The highest BCUT2D eigenvalue weighted by atomic mass is 16.3. The number of aliphatic hydroxyl groups is 1. The van der Waals surface area contributed by atoms with Gasteiger partial charge < -0.3 is 16.2 Å². The van der Waals surface area contributed by atoms with Gasteiger partial charge >= 0.3 is 0 Å². The molecule has 0 amide bonds. The maximum absolute atomic E-state index is 8.60. The molecule has 68 valence electrons. The summed E-state index contributed by atoms with van der Waals surface area (Å²) in [6.07, 6.45) is 0. The van der Waals surface area contributed by atoms with Crippen molar-refractivity contribution >= 4 is 0 Å². The van der Waals surface area contributed by atoms with Crippen molar-refractivity contribution in [3.63, 3.8) is 0 Å². The molecule has 0 fully saturated rings. The summed E-state index contributed by atoms with van der Waals surface area (Å²) in [4.78, 5) is 0. The minimum atomic E-state index is -0.0390. The molecule has 0 aliphatic rings. The highest BCUT2D eigenvalue weighted by Gasteiger charge is 2.24. The highest BCUT2D eigenvalue weighted by Crippen LogP contribution is 2.13. The number of hydrogen-bond donors (Lipinski definition) is 3. The summed E-state index contributed by atoms with van der Waals surface area (Å²) < 4.78 is 0. The van der Waals surface area contributed by atoms with Gasteiger partial charge in [0.25, 0.3) is 0 Å². The van der Waals surface area contributed by atoms with Crippen LogP contribution in [0.1, 0.15) is 20.8 Å². The van der Waals surface area contributed by atoms with Gasteiger partial charge in [-0.25, -0.2) is 0 Å². The Hall–Kier alpha value is -0.120. The van der Waals surface area contributed by atoms with E-state index in [0.29, 0.717) is 19.0 Å². The van der Waals surface area contributed by atoms with Crippen LogP contribution in [0.3, 0.4) is 0 Å². The molecule has 4 N–H and O–H groups in total. The molecule has 1 unspecified atom stereocenters. The molecule has 0 aliphatic carbocycles. The summed E-state index contributed by atoms with van der Waals surface area (Å²) in [5.74, 6) is 0.485. The van der Waals surface area contributed by atoms with E-state index in [1.54, 1.807) is 0 Å². The predicted molar refractivity (Wildman–Crippen MR) is 47.4 cm³/mol. The van der Waals surface area contributed by atoms with Gasteiger partial charge in [-0.05, 0) is 12.8 Å². The van der Waals surface area contributed by atoms with Crippen molar-refractivity contribution in [2.75, 3.05) is 19.7 Å². The van der Waals surface area contributed by atoms with Gasteiger partial charge in [-0.1, -0.05) is 13.8 Å². The highest BCUT2D eigenvalue weighted by molar-refractivity contribution is 4.86. The van der Waals surface area contributed by atoms with Crippen molar-refractivity contribution in [1.29, 1.82) is 0 Å². The van der Waals surface area contributed by atoms with Crippen molar-refractivity contribution in [2.24, 2.45) is 11.7 Å². The standard InChI is InChI=1S/C8H20N2O/c1-7(2)8(3,6-9)10-4-5-11/h7,10-11H,4-6,9H2,1-3H3. The first-order chi connectivity index (χ1) is 5.06. The van der Waals surface area contributed by atoms with E-state index in [4.69, 9.17) is 10.8 Å². The summed E-state index contributed by atoms with van der Waals surface area (Å²) in [6, 6.07) is 0. The lowest BCUT2D eigenvalue weighted by atomic mass is 9.88. The third-order valence-electron chi connectivity index (χ3n) is 2.34. The Labute approximate surface area is 69.0 Å². The van der Waals surface area contributed by atoms with E-state index < -0.39 is 0 Å². The van der Waals surface area contributed by atoms with Crippen LogP contribution in [0, 0.1) is 5.92 Å². The second-order valence-corrected chi connectivity index (χ2v) is 3.43. The first-order valence-electron chi connectivity index (χ1n) is 4.12. The number of rotatable bonds is 5. The largest absolute Gasteiger partial charge is 0.395 e. The van der Waals surface area contributed by atoms with Crippen LogP contribution in [0.25, 0.3) is 0 Å².